The molecule has 1 aromatic rings. The first-order chi connectivity index (χ1) is 8.11. The summed E-state index contributed by atoms with van der Waals surface area (Å²) in [5.41, 5.74) is -0.0960. The third kappa shape index (κ3) is 2.30. The first kappa shape index (κ1) is 11.6. The fraction of sp³-hybridized carbons (Fsp3) is 0.455. The molecule has 1 N–H and O–H groups in total. The number of nitro groups is 1. The lowest BCUT2D eigenvalue weighted by atomic mass is 9.93. The van der Waals surface area contributed by atoms with Crippen molar-refractivity contribution >= 4 is 11.4 Å². The number of hydrogen-bond acceptors (Lipinski definition) is 4. The second-order valence-electron chi connectivity index (χ2n) is 4.03. The molecule has 92 valence electrons. The number of nitro benzene ring substituents is 1. The van der Waals surface area contributed by atoms with Gasteiger partial charge in [-0.3, -0.25) is 10.1 Å². The number of benzene rings is 1. The Kier molecular flexibility index (Phi) is 3.12. The lowest BCUT2D eigenvalue weighted by molar-refractivity contribution is -0.385. The van der Waals surface area contributed by atoms with Gasteiger partial charge < -0.3 is 10.1 Å². The molecular weight excluding hydrogens is 227 g/mol. The molecular formula is C11H13FN2O3. The average molecular weight is 240 g/mol. The van der Waals surface area contributed by atoms with Crippen LogP contribution in [0.3, 0.4) is 0 Å². The van der Waals surface area contributed by atoms with Crippen LogP contribution in [0.1, 0.15) is 19.3 Å². The van der Waals surface area contributed by atoms with Crippen LogP contribution in [0.5, 0.6) is 5.75 Å². The highest BCUT2D eigenvalue weighted by atomic mass is 19.1. The van der Waals surface area contributed by atoms with E-state index in [9.17, 15) is 14.5 Å². The van der Waals surface area contributed by atoms with Crippen LogP contribution in [0.2, 0.25) is 0 Å². The van der Waals surface area contributed by atoms with Gasteiger partial charge in [-0.25, -0.2) is 4.39 Å². The molecule has 5 nitrogen and oxygen atoms in total. The van der Waals surface area contributed by atoms with Gasteiger partial charge in [-0.1, -0.05) is 0 Å². The summed E-state index contributed by atoms with van der Waals surface area (Å²) >= 11 is 0. The SMILES string of the molecule is COc1cc(NC2CCC2)c(F)cc1[N+](=O)[O-]. The molecule has 0 spiro atoms. The number of ether oxygens (including phenoxy) is 1. The van der Waals surface area contributed by atoms with E-state index in [1.807, 2.05) is 0 Å². The predicted molar refractivity (Wildman–Crippen MR) is 60.9 cm³/mol. The monoisotopic (exact) mass is 240 g/mol. The van der Waals surface area contributed by atoms with E-state index in [2.05, 4.69) is 5.32 Å². The summed E-state index contributed by atoms with van der Waals surface area (Å²) in [5.74, 6) is -0.553. The number of rotatable bonds is 4. The van der Waals surface area contributed by atoms with Gasteiger partial charge in [0.15, 0.2) is 11.6 Å². The van der Waals surface area contributed by atoms with Crippen molar-refractivity contribution in [2.75, 3.05) is 12.4 Å². The van der Waals surface area contributed by atoms with Crippen LogP contribution in [-0.4, -0.2) is 18.1 Å². The molecule has 2 rings (SSSR count). The molecule has 0 aromatic heterocycles. The minimum absolute atomic E-state index is 0.0678. The molecule has 0 radical (unpaired) electrons. The summed E-state index contributed by atoms with van der Waals surface area (Å²) in [6.45, 7) is 0. The van der Waals surface area contributed by atoms with Crippen LogP contribution in [0.15, 0.2) is 12.1 Å². The van der Waals surface area contributed by atoms with Crippen molar-refractivity contribution in [2.45, 2.75) is 25.3 Å². The summed E-state index contributed by atoms with van der Waals surface area (Å²) in [6, 6.07) is 2.49. The fourth-order valence-corrected chi connectivity index (χ4v) is 1.73. The largest absolute Gasteiger partial charge is 0.490 e. The second-order valence-corrected chi connectivity index (χ2v) is 4.03. The molecule has 0 bridgehead atoms. The number of methoxy groups -OCH3 is 1. The van der Waals surface area contributed by atoms with Crippen LogP contribution in [0.4, 0.5) is 15.8 Å². The molecule has 1 aromatic carbocycles. The van der Waals surface area contributed by atoms with E-state index in [0.29, 0.717) is 0 Å². The van der Waals surface area contributed by atoms with Gasteiger partial charge in [-0.15, -0.1) is 0 Å². The maximum absolute atomic E-state index is 13.6. The topological polar surface area (TPSA) is 64.4 Å². The van der Waals surface area contributed by atoms with Crippen molar-refractivity contribution in [3.63, 3.8) is 0 Å². The molecule has 1 aliphatic carbocycles. The third-order valence-corrected chi connectivity index (χ3v) is 2.93. The highest BCUT2D eigenvalue weighted by Gasteiger charge is 2.22. The van der Waals surface area contributed by atoms with Crippen LogP contribution in [0, 0.1) is 15.9 Å². The maximum Gasteiger partial charge on any atom is 0.313 e. The highest BCUT2D eigenvalue weighted by molar-refractivity contribution is 5.59. The minimum Gasteiger partial charge on any atom is -0.490 e. The van der Waals surface area contributed by atoms with Crippen molar-refractivity contribution < 1.29 is 14.1 Å². The Morgan fingerprint density at radius 1 is 1.53 bits per heavy atom. The fourth-order valence-electron chi connectivity index (χ4n) is 1.73. The van der Waals surface area contributed by atoms with Gasteiger partial charge >= 0.3 is 5.69 Å². The van der Waals surface area contributed by atoms with Gasteiger partial charge in [0.2, 0.25) is 0 Å². The number of hydrogen-bond donors (Lipinski definition) is 1. The van der Waals surface area contributed by atoms with E-state index < -0.39 is 10.7 Å². The Morgan fingerprint density at radius 2 is 2.24 bits per heavy atom. The first-order valence-electron chi connectivity index (χ1n) is 5.40. The Hall–Kier alpha value is -1.85. The van der Waals surface area contributed by atoms with E-state index in [0.717, 1.165) is 25.3 Å². The Morgan fingerprint density at radius 3 is 2.71 bits per heavy atom. The first-order valence-corrected chi connectivity index (χ1v) is 5.40. The average Bonchev–Trinajstić information content (AvgIpc) is 2.24. The molecule has 1 fully saturated rings. The third-order valence-electron chi connectivity index (χ3n) is 2.93. The molecule has 17 heavy (non-hydrogen) atoms. The van der Waals surface area contributed by atoms with Crippen LogP contribution in [-0.2, 0) is 0 Å². The maximum atomic E-state index is 13.6. The minimum atomic E-state index is -0.658. The lowest BCUT2D eigenvalue weighted by Gasteiger charge is -2.27. The van der Waals surface area contributed by atoms with Crippen molar-refractivity contribution in [1.82, 2.24) is 0 Å². The summed E-state index contributed by atoms with van der Waals surface area (Å²) < 4.78 is 18.5. The molecule has 0 heterocycles. The number of nitrogens with one attached hydrogen (secondary N) is 1. The second kappa shape index (κ2) is 4.57. The zero-order chi connectivity index (χ0) is 12.4. The van der Waals surface area contributed by atoms with Gasteiger partial charge in [0.05, 0.1) is 23.8 Å². The molecule has 0 unspecified atom stereocenters. The Balaban J connectivity index is 2.29. The molecule has 0 atom stereocenters. The van der Waals surface area contributed by atoms with E-state index in [1.165, 1.54) is 13.2 Å². The summed E-state index contributed by atoms with van der Waals surface area (Å²) in [4.78, 5) is 10.0. The quantitative estimate of drug-likeness (QED) is 0.649. The molecule has 6 heteroatoms. The van der Waals surface area contributed by atoms with E-state index in [1.54, 1.807) is 0 Å². The summed E-state index contributed by atoms with van der Waals surface area (Å²) in [7, 11) is 1.33. The van der Waals surface area contributed by atoms with Crippen molar-refractivity contribution in [2.24, 2.45) is 0 Å². The summed E-state index contributed by atoms with van der Waals surface area (Å²) in [6.07, 6.45) is 3.13. The molecule has 0 saturated heterocycles. The Labute approximate surface area is 97.7 Å². The number of nitrogens with zero attached hydrogens (tertiary/aromatic N) is 1. The van der Waals surface area contributed by atoms with E-state index in [-0.39, 0.29) is 23.2 Å². The molecule has 1 saturated carbocycles. The van der Waals surface area contributed by atoms with Crippen LogP contribution >= 0.6 is 0 Å². The molecule has 0 amide bonds. The number of anilines is 1. The van der Waals surface area contributed by atoms with Gasteiger partial charge in [-0.05, 0) is 19.3 Å². The van der Waals surface area contributed by atoms with Crippen LogP contribution in [0.25, 0.3) is 0 Å². The normalized spacial score (nSPS) is 15.2. The van der Waals surface area contributed by atoms with E-state index >= 15 is 0 Å². The van der Waals surface area contributed by atoms with E-state index in [4.69, 9.17) is 4.74 Å². The van der Waals surface area contributed by atoms with Gasteiger partial charge in [0, 0.05) is 12.1 Å². The molecule has 0 aliphatic heterocycles. The van der Waals surface area contributed by atoms with Gasteiger partial charge in [-0.2, -0.15) is 0 Å². The van der Waals surface area contributed by atoms with Gasteiger partial charge in [0.25, 0.3) is 0 Å². The predicted octanol–water partition coefficient (Wildman–Crippen LogP) is 2.71. The zero-order valence-electron chi connectivity index (χ0n) is 9.40. The Bertz CT molecular complexity index is 447. The molecule has 1 aliphatic rings. The number of halogens is 1. The standard InChI is InChI=1S/C11H13FN2O3/c1-17-11-6-9(13-7-3-2-4-7)8(12)5-10(11)14(15)16/h5-7,13H,2-4H2,1H3. The van der Waals surface area contributed by atoms with Gasteiger partial charge in [0.1, 0.15) is 0 Å². The smallest absolute Gasteiger partial charge is 0.313 e. The van der Waals surface area contributed by atoms with Crippen molar-refractivity contribution in [1.29, 1.82) is 0 Å². The van der Waals surface area contributed by atoms with Crippen molar-refractivity contribution in [3.8, 4) is 5.75 Å². The van der Waals surface area contributed by atoms with Crippen molar-refractivity contribution in [3.05, 3.63) is 28.1 Å². The lowest BCUT2D eigenvalue weighted by Crippen LogP contribution is -2.27. The zero-order valence-corrected chi connectivity index (χ0v) is 9.40. The van der Waals surface area contributed by atoms with Crippen LogP contribution < -0.4 is 10.1 Å². The summed E-state index contributed by atoms with van der Waals surface area (Å²) in [5, 5.41) is 13.7. The highest BCUT2D eigenvalue weighted by Crippen LogP contribution is 2.34.